The Morgan fingerprint density at radius 2 is 2.00 bits per heavy atom. The molecule has 0 radical (unpaired) electrons. The van der Waals surface area contributed by atoms with E-state index >= 15 is 0 Å². The topological polar surface area (TPSA) is 50.8 Å². The van der Waals surface area contributed by atoms with Gasteiger partial charge in [-0.25, -0.2) is 4.79 Å². The van der Waals surface area contributed by atoms with Crippen molar-refractivity contribution in [3.63, 3.8) is 0 Å². The van der Waals surface area contributed by atoms with Gasteiger partial charge in [-0.1, -0.05) is 0 Å². The van der Waals surface area contributed by atoms with Gasteiger partial charge in [-0.2, -0.15) is 0 Å². The van der Waals surface area contributed by atoms with E-state index < -0.39 is 5.60 Å². The number of carbonyl (C=O) groups excluding carboxylic acids is 1. The second-order valence-electron chi connectivity index (χ2n) is 7.13. The molecule has 21 heavy (non-hydrogen) atoms. The summed E-state index contributed by atoms with van der Waals surface area (Å²) in [6.07, 6.45) is 2.89. The second kappa shape index (κ2) is 7.99. The first-order valence-corrected chi connectivity index (χ1v) is 7.97. The molecule has 1 aliphatic rings. The van der Waals surface area contributed by atoms with Crippen molar-refractivity contribution in [2.75, 3.05) is 20.3 Å². The summed E-state index contributed by atoms with van der Waals surface area (Å²) in [5.74, 6) is 0. The van der Waals surface area contributed by atoms with E-state index in [9.17, 15) is 4.79 Å². The third kappa shape index (κ3) is 6.66. The predicted octanol–water partition coefficient (Wildman–Crippen LogP) is 2.79. The van der Waals surface area contributed by atoms with E-state index in [1.165, 1.54) is 0 Å². The van der Waals surface area contributed by atoms with Gasteiger partial charge in [0, 0.05) is 31.8 Å². The highest BCUT2D eigenvalue weighted by Crippen LogP contribution is 2.24. The number of ether oxygens (including phenoxy) is 2. The Labute approximate surface area is 129 Å². The van der Waals surface area contributed by atoms with Crippen molar-refractivity contribution in [3.05, 3.63) is 0 Å². The molecule has 0 aromatic heterocycles. The Hall–Kier alpha value is -0.810. The van der Waals surface area contributed by atoms with Gasteiger partial charge in [0.1, 0.15) is 5.60 Å². The molecule has 1 N–H and O–H groups in total. The first-order chi connectivity index (χ1) is 9.73. The molecule has 1 amide bonds. The van der Waals surface area contributed by atoms with E-state index in [1.807, 2.05) is 25.7 Å². The third-order valence-electron chi connectivity index (χ3n) is 3.62. The van der Waals surface area contributed by atoms with E-state index in [2.05, 4.69) is 19.2 Å². The molecule has 0 aromatic rings. The lowest BCUT2D eigenvalue weighted by atomic mass is 10.1. The van der Waals surface area contributed by atoms with Crippen molar-refractivity contribution >= 4 is 6.09 Å². The van der Waals surface area contributed by atoms with E-state index in [4.69, 9.17) is 9.47 Å². The van der Waals surface area contributed by atoms with Crippen LogP contribution in [0.25, 0.3) is 0 Å². The van der Waals surface area contributed by atoms with Crippen molar-refractivity contribution < 1.29 is 14.3 Å². The number of hydrogen-bond acceptors (Lipinski definition) is 4. The molecule has 0 spiro atoms. The molecular weight excluding hydrogens is 268 g/mol. The number of rotatable bonds is 6. The maximum atomic E-state index is 12.2. The number of carbonyl (C=O) groups is 1. The van der Waals surface area contributed by atoms with Crippen molar-refractivity contribution in [2.24, 2.45) is 0 Å². The minimum Gasteiger partial charge on any atom is -0.444 e. The first kappa shape index (κ1) is 18.2. The predicted molar refractivity (Wildman–Crippen MR) is 84.5 cm³/mol. The average molecular weight is 300 g/mol. The number of hydrogen-bond donors (Lipinski definition) is 1. The van der Waals surface area contributed by atoms with Crippen molar-refractivity contribution in [1.82, 2.24) is 10.2 Å². The molecule has 1 fully saturated rings. The van der Waals surface area contributed by atoms with Crippen LogP contribution < -0.4 is 5.32 Å². The van der Waals surface area contributed by atoms with Gasteiger partial charge in [0.25, 0.3) is 0 Å². The van der Waals surface area contributed by atoms with E-state index in [0.29, 0.717) is 18.7 Å². The molecule has 1 rings (SSSR count). The maximum absolute atomic E-state index is 12.2. The number of methoxy groups -OCH3 is 1. The van der Waals surface area contributed by atoms with Crippen LogP contribution in [0.3, 0.4) is 0 Å². The molecule has 124 valence electrons. The van der Waals surface area contributed by atoms with E-state index in [-0.39, 0.29) is 12.1 Å². The van der Waals surface area contributed by atoms with Crippen LogP contribution in [0.5, 0.6) is 0 Å². The van der Waals surface area contributed by atoms with Crippen LogP contribution in [0.15, 0.2) is 0 Å². The number of nitrogens with one attached hydrogen (secondary N) is 1. The van der Waals surface area contributed by atoms with E-state index in [1.54, 1.807) is 7.11 Å². The zero-order valence-corrected chi connectivity index (χ0v) is 14.4. The average Bonchev–Trinajstić information content (AvgIpc) is 2.74. The Bertz CT molecular complexity index is 328. The van der Waals surface area contributed by atoms with Crippen LogP contribution in [-0.4, -0.2) is 55.0 Å². The second-order valence-corrected chi connectivity index (χ2v) is 7.13. The van der Waals surface area contributed by atoms with E-state index in [0.717, 1.165) is 25.8 Å². The summed E-state index contributed by atoms with van der Waals surface area (Å²) in [6, 6.07) is 0.946. The van der Waals surface area contributed by atoms with Crippen LogP contribution >= 0.6 is 0 Å². The molecule has 1 saturated heterocycles. The number of nitrogens with zero attached hydrogens (tertiary/aromatic N) is 1. The fourth-order valence-electron chi connectivity index (χ4n) is 2.90. The molecule has 5 nitrogen and oxygen atoms in total. The standard InChI is InChI=1S/C16H32N2O3/c1-12(17-13(2)11-20-6)10-14-8-7-9-18(14)15(19)21-16(3,4)5/h12-14,17H,7-11H2,1-6H3. The highest BCUT2D eigenvalue weighted by atomic mass is 16.6. The smallest absolute Gasteiger partial charge is 0.410 e. The fraction of sp³-hybridized carbons (Fsp3) is 0.938. The van der Waals surface area contributed by atoms with Gasteiger partial charge in [-0.15, -0.1) is 0 Å². The summed E-state index contributed by atoms with van der Waals surface area (Å²) < 4.78 is 10.6. The highest BCUT2D eigenvalue weighted by molar-refractivity contribution is 5.68. The zero-order valence-electron chi connectivity index (χ0n) is 14.4. The molecule has 0 aromatic carbocycles. The first-order valence-electron chi connectivity index (χ1n) is 7.97. The molecule has 3 unspecified atom stereocenters. The van der Waals surface area contributed by atoms with Crippen molar-refractivity contribution in [2.45, 2.75) is 77.6 Å². The quantitative estimate of drug-likeness (QED) is 0.819. The fourth-order valence-corrected chi connectivity index (χ4v) is 2.90. The summed E-state index contributed by atoms with van der Waals surface area (Å²) in [5.41, 5.74) is -0.429. The lowest BCUT2D eigenvalue weighted by Crippen LogP contribution is -2.44. The molecule has 0 bridgehead atoms. The summed E-state index contributed by atoms with van der Waals surface area (Å²) in [6.45, 7) is 11.5. The molecule has 1 heterocycles. The summed E-state index contributed by atoms with van der Waals surface area (Å²) >= 11 is 0. The van der Waals surface area contributed by atoms with Gasteiger partial charge in [-0.05, 0) is 53.9 Å². The number of likely N-dealkylation sites (tertiary alicyclic amines) is 1. The molecule has 5 heteroatoms. The van der Waals surface area contributed by atoms with Crippen LogP contribution in [0.2, 0.25) is 0 Å². The van der Waals surface area contributed by atoms with Gasteiger partial charge in [0.15, 0.2) is 0 Å². The monoisotopic (exact) mass is 300 g/mol. The third-order valence-corrected chi connectivity index (χ3v) is 3.62. The molecule has 0 saturated carbocycles. The zero-order chi connectivity index (χ0) is 16.0. The largest absolute Gasteiger partial charge is 0.444 e. The SMILES string of the molecule is COCC(C)NC(C)CC1CCCN1C(=O)OC(C)(C)C. The van der Waals surface area contributed by atoms with Crippen LogP contribution in [0.1, 0.15) is 53.9 Å². The minimum atomic E-state index is -0.429. The van der Waals surface area contributed by atoms with Crippen LogP contribution in [-0.2, 0) is 9.47 Å². The Morgan fingerprint density at radius 3 is 2.57 bits per heavy atom. The minimum absolute atomic E-state index is 0.179. The Balaban J connectivity index is 2.48. The van der Waals surface area contributed by atoms with Gasteiger partial charge in [0.05, 0.1) is 6.61 Å². The lowest BCUT2D eigenvalue weighted by molar-refractivity contribution is 0.0213. The van der Waals surface area contributed by atoms with Gasteiger partial charge in [-0.3, -0.25) is 0 Å². The Morgan fingerprint density at radius 1 is 1.33 bits per heavy atom. The number of amides is 1. The highest BCUT2D eigenvalue weighted by Gasteiger charge is 2.32. The van der Waals surface area contributed by atoms with Gasteiger partial charge >= 0.3 is 6.09 Å². The Kier molecular flexibility index (Phi) is 6.94. The lowest BCUT2D eigenvalue weighted by Gasteiger charge is -2.30. The summed E-state index contributed by atoms with van der Waals surface area (Å²) in [7, 11) is 1.71. The summed E-state index contributed by atoms with van der Waals surface area (Å²) in [4.78, 5) is 14.1. The summed E-state index contributed by atoms with van der Waals surface area (Å²) in [5, 5.41) is 3.51. The molecule has 3 atom stereocenters. The van der Waals surface area contributed by atoms with Crippen molar-refractivity contribution in [1.29, 1.82) is 0 Å². The molecule has 1 aliphatic heterocycles. The van der Waals surface area contributed by atoms with Crippen LogP contribution in [0.4, 0.5) is 4.79 Å². The van der Waals surface area contributed by atoms with Gasteiger partial charge in [0.2, 0.25) is 0 Å². The normalized spacial score (nSPS) is 22.2. The molecule has 0 aliphatic carbocycles. The van der Waals surface area contributed by atoms with Crippen molar-refractivity contribution in [3.8, 4) is 0 Å². The van der Waals surface area contributed by atoms with Crippen LogP contribution in [0, 0.1) is 0 Å². The maximum Gasteiger partial charge on any atom is 0.410 e. The van der Waals surface area contributed by atoms with Gasteiger partial charge < -0.3 is 19.7 Å². The molecular formula is C16H32N2O3.